The van der Waals surface area contributed by atoms with Crippen LogP contribution in [0.4, 0.5) is 5.69 Å². The van der Waals surface area contributed by atoms with Crippen molar-refractivity contribution in [3.05, 3.63) is 51.7 Å². The number of amides is 1. The zero-order chi connectivity index (χ0) is 29.9. The van der Waals surface area contributed by atoms with Gasteiger partial charge in [-0.3, -0.25) is 4.79 Å². The number of aliphatic hydroxyl groups excluding tert-OH is 5. The van der Waals surface area contributed by atoms with Crippen LogP contribution in [-0.4, -0.2) is 74.5 Å². The molecule has 228 valence electrons. The highest BCUT2D eigenvalue weighted by Gasteiger charge is 2.32. The predicted octanol–water partition coefficient (Wildman–Crippen LogP) is 3.89. The van der Waals surface area contributed by atoms with Crippen LogP contribution in [0.5, 0.6) is 0 Å². The van der Waals surface area contributed by atoms with Crippen molar-refractivity contribution in [2.45, 2.75) is 115 Å². The summed E-state index contributed by atoms with van der Waals surface area (Å²) in [6.45, 7) is 3.26. The minimum Gasteiger partial charge on any atom is -0.459 e. The Morgan fingerprint density at radius 1 is 0.976 bits per heavy atom. The first kappa shape index (κ1) is 33.2. The molecule has 9 nitrogen and oxygen atoms in total. The standard InChI is InChI=1S/C31H45NO8S/c1-3-5-6-10-25(34)20-11-13-22(14-12-20)32-21(15-18-28(32)36)8-7-9-23-16-17-27(41-23)31(39)40-19-26(35)30(38)29(37)24(33)4-2/h11-14,16-17,21,24-26,29-30,33-35,37-38H,3-10,15,18-19H2,1-2H3/t21-,24+,25-,26+,29-,30-/m0/s1. The van der Waals surface area contributed by atoms with Crippen LogP contribution in [0.15, 0.2) is 36.4 Å². The van der Waals surface area contributed by atoms with Gasteiger partial charge in [-0.25, -0.2) is 4.79 Å². The molecule has 1 fully saturated rings. The van der Waals surface area contributed by atoms with Gasteiger partial charge in [0.1, 0.15) is 29.8 Å². The van der Waals surface area contributed by atoms with E-state index in [1.54, 1.807) is 13.0 Å². The first-order valence-electron chi connectivity index (χ1n) is 14.7. The molecule has 0 unspecified atom stereocenters. The third kappa shape index (κ3) is 9.33. The van der Waals surface area contributed by atoms with Crippen LogP contribution in [0.25, 0.3) is 0 Å². The quantitative estimate of drug-likeness (QED) is 0.138. The molecule has 10 heteroatoms. The lowest BCUT2D eigenvalue weighted by molar-refractivity contribution is -0.117. The summed E-state index contributed by atoms with van der Waals surface area (Å²) in [5.41, 5.74) is 1.73. The molecule has 1 aromatic heterocycles. The van der Waals surface area contributed by atoms with Crippen LogP contribution in [0.3, 0.4) is 0 Å². The van der Waals surface area contributed by atoms with E-state index in [2.05, 4.69) is 6.92 Å². The van der Waals surface area contributed by atoms with E-state index in [1.165, 1.54) is 11.3 Å². The largest absolute Gasteiger partial charge is 0.459 e. The molecule has 3 rings (SSSR count). The number of carbonyl (C=O) groups excluding carboxylic acids is 2. The number of esters is 1. The second-order valence-corrected chi connectivity index (χ2v) is 12.0. The molecule has 1 saturated heterocycles. The SMILES string of the molecule is CCCCC[C@H](O)c1ccc(N2C(=O)CC[C@@H]2CCCc2ccc(C(=O)OC[C@@H](O)[C@H](O)[C@@H](O)[C@H](O)CC)s2)cc1. The van der Waals surface area contributed by atoms with Crippen LogP contribution in [0.2, 0.25) is 0 Å². The summed E-state index contributed by atoms with van der Waals surface area (Å²) in [6, 6.07) is 11.3. The minimum atomic E-state index is -1.64. The average Bonchev–Trinajstić information content (AvgIpc) is 3.61. The highest BCUT2D eigenvalue weighted by Crippen LogP contribution is 2.31. The maximum absolute atomic E-state index is 12.7. The smallest absolute Gasteiger partial charge is 0.348 e. The topological polar surface area (TPSA) is 148 Å². The Morgan fingerprint density at radius 3 is 2.37 bits per heavy atom. The van der Waals surface area contributed by atoms with Crippen molar-refractivity contribution in [1.29, 1.82) is 0 Å². The molecule has 0 spiro atoms. The van der Waals surface area contributed by atoms with Crippen LogP contribution >= 0.6 is 11.3 Å². The van der Waals surface area contributed by atoms with Crippen LogP contribution < -0.4 is 4.90 Å². The maximum Gasteiger partial charge on any atom is 0.348 e. The first-order chi connectivity index (χ1) is 19.7. The minimum absolute atomic E-state index is 0.0988. The normalized spacial score (nSPS) is 19.1. The van der Waals surface area contributed by atoms with Gasteiger partial charge in [0.05, 0.1) is 12.2 Å². The molecule has 2 heterocycles. The van der Waals surface area contributed by atoms with Crippen LogP contribution in [0, 0.1) is 0 Å². The molecule has 1 aliphatic rings. The summed E-state index contributed by atoms with van der Waals surface area (Å²) in [5.74, 6) is -0.527. The zero-order valence-corrected chi connectivity index (χ0v) is 24.8. The number of unbranched alkanes of at least 4 members (excludes halogenated alkanes) is 2. The van der Waals surface area contributed by atoms with E-state index in [0.29, 0.717) is 11.3 Å². The lowest BCUT2D eigenvalue weighted by Gasteiger charge is -2.25. The molecule has 41 heavy (non-hydrogen) atoms. The molecule has 5 N–H and O–H groups in total. The van der Waals surface area contributed by atoms with Crippen molar-refractivity contribution in [3.63, 3.8) is 0 Å². The number of hydrogen-bond acceptors (Lipinski definition) is 9. The third-order valence-electron chi connectivity index (χ3n) is 7.73. The Hall–Kier alpha value is -2.34. The van der Waals surface area contributed by atoms with Crippen molar-refractivity contribution in [3.8, 4) is 0 Å². The fraction of sp³-hybridized carbons (Fsp3) is 0.613. The van der Waals surface area contributed by atoms with E-state index in [0.717, 1.165) is 67.5 Å². The fourth-order valence-electron chi connectivity index (χ4n) is 5.14. The fourth-order valence-corrected chi connectivity index (χ4v) is 6.09. The molecule has 0 radical (unpaired) electrons. The van der Waals surface area contributed by atoms with Gasteiger partial charge < -0.3 is 35.2 Å². The third-order valence-corrected chi connectivity index (χ3v) is 8.85. The summed E-state index contributed by atoms with van der Waals surface area (Å²) >= 11 is 1.29. The highest BCUT2D eigenvalue weighted by molar-refractivity contribution is 7.13. The van der Waals surface area contributed by atoms with Gasteiger partial charge in [0, 0.05) is 23.0 Å². The molecule has 1 aliphatic heterocycles. The first-order valence-corrected chi connectivity index (χ1v) is 15.6. The Labute approximate surface area is 246 Å². The molecule has 1 amide bonds. The Morgan fingerprint density at radius 2 is 1.68 bits per heavy atom. The number of ether oxygens (including phenoxy) is 1. The number of carbonyl (C=O) groups is 2. The lowest BCUT2D eigenvalue weighted by Crippen LogP contribution is -2.46. The van der Waals surface area contributed by atoms with E-state index in [9.17, 15) is 35.1 Å². The molecular formula is C31H45NO8S. The monoisotopic (exact) mass is 591 g/mol. The van der Waals surface area contributed by atoms with E-state index < -0.39 is 43.1 Å². The second-order valence-electron chi connectivity index (χ2n) is 10.8. The number of thiophene rings is 1. The van der Waals surface area contributed by atoms with Gasteiger partial charge in [-0.1, -0.05) is 45.2 Å². The molecule has 0 aliphatic carbocycles. The van der Waals surface area contributed by atoms with Gasteiger partial charge >= 0.3 is 5.97 Å². The molecule has 0 bridgehead atoms. The molecule has 0 saturated carbocycles. The van der Waals surface area contributed by atoms with Gasteiger partial charge in [-0.05, 0) is 68.4 Å². The molecule has 6 atom stereocenters. The van der Waals surface area contributed by atoms with Gasteiger partial charge in [-0.2, -0.15) is 0 Å². The van der Waals surface area contributed by atoms with E-state index in [1.807, 2.05) is 35.2 Å². The summed E-state index contributed by atoms with van der Waals surface area (Å²) in [5, 5.41) is 49.9. The van der Waals surface area contributed by atoms with Crippen molar-refractivity contribution < 1.29 is 39.9 Å². The second kappa shape index (κ2) is 16.3. The Bertz CT molecular complexity index is 1090. The zero-order valence-electron chi connectivity index (χ0n) is 24.0. The lowest BCUT2D eigenvalue weighted by atomic mass is 10.0. The summed E-state index contributed by atoms with van der Waals surface area (Å²) in [4.78, 5) is 28.4. The molecule has 1 aromatic carbocycles. The number of hydrogen-bond donors (Lipinski definition) is 5. The van der Waals surface area contributed by atoms with Gasteiger partial charge in [-0.15, -0.1) is 11.3 Å². The number of aliphatic hydroxyl groups is 5. The predicted molar refractivity (Wildman–Crippen MR) is 158 cm³/mol. The molecule has 2 aromatic rings. The summed E-state index contributed by atoms with van der Waals surface area (Å²) in [6.07, 6.45) is 1.44. The van der Waals surface area contributed by atoms with Crippen molar-refractivity contribution >= 4 is 28.9 Å². The van der Waals surface area contributed by atoms with Gasteiger partial charge in [0.2, 0.25) is 5.91 Å². The number of anilines is 1. The summed E-state index contributed by atoms with van der Waals surface area (Å²) < 4.78 is 5.10. The average molecular weight is 592 g/mol. The van der Waals surface area contributed by atoms with Crippen LogP contribution in [0.1, 0.15) is 97.9 Å². The Kier molecular flexibility index (Phi) is 13.2. The van der Waals surface area contributed by atoms with Crippen molar-refractivity contribution in [1.82, 2.24) is 0 Å². The van der Waals surface area contributed by atoms with Crippen molar-refractivity contribution in [2.75, 3.05) is 11.5 Å². The maximum atomic E-state index is 12.7. The molecular weight excluding hydrogens is 546 g/mol. The van der Waals surface area contributed by atoms with Gasteiger partial charge in [0.15, 0.2) is 0 Å². The number of rotatable bonds is 17. The van der Waals surface area contributed by atoms with Crippen molar-refractivity contribution in [2.24, 2.45) is 0 Å². The highest BCUT2D eigenvalue weighted by atomic mass is 32.1. The van der Waals surface area contributed by atoms with E-state index in [4.69, 9.17) is 4.74 Å². The number of nitrogens with zero attached hydrogens (tertiary/aromatic N) is 1. The van der Waals surface area contributed by atoms with Crippen LogP contribution in [-0.2, 0) is 16.0 Å². The van der Waals surface area contributed by atoms with Gasteiger partial charge in [0.25, 0.3) is 0 Å². The summed E-state index contributed by atoms with van der Waals surface area (Å²) in [7, 11) is 0. The Balaban J connectivity index is 1.47. The number of aryl methyl sites for hydroxylation is 1. The number of benzene rings is 1. The van der Waals surface area contributed by atoms with E-state index >= 15 is 0 Å². The van der Waals surface area contributed by atoms with E-state index in [-0.39, 0.29) is 18.4 Å².